The van der Waals surface area contributed by atoms with Gasteiger partial charge in [0.05, 0.1) is 11.4 Å². The van der Waals surface area contributed by atoms with Crippen LogP contribution in [0.15, 0.2) is 60.2 Å². The summed E-state index contributed by atoms with van der Waals surface area (Å²) in [4.78, 5) is 17.2. The number of aromatic nitrogens is 3. The fraction of sp³-hybridized carbons (Fsp3) is 0.136. The van der Waals surface area contributed by atoms with Crippen molar-refractivity contribution >= 4 is 34.8 Å². The zero-order valence-electron chi connectivity index (χ0n) is 16.5. The maximum atomic E-state index is 13.2. The van der Waals surface area contributed by atoms with E-state index in [4.69, 9.17) is 16.3 Å². The van der Waals surface area contributed by atoms with Crippen LogP contribution in [0.25, 0.3) is 0 Å². The van der Waals surface area contributed by atoms with Gasteiger partial charge in [-0.25, -0.2) is 14.1 Å². The number of hydrogen-bond acceptors (Lipinski definition) is 5. The zero-order chi connectivity index (χ0) is 21.8. The lowest BCUT2D eigenvalue weighted by molar-refractivity contribution is 0.102. The number of hydrogen-bond donors (Lipinski definition) is 1. The molecule has 2 aromatic heterocycles. The lowest BCUT2D eigenvalue weighted by atomic mass is 10.2. The summed E-state index contributed by atoms with van der Waals surface area (Å²) in [6.45, 7) is 2.67. The second-order valence-corrected chi connectivity index (χ2v) is 8.15. The van der Waals surface area contributed by atoms with Crippen LogP contribution in [0.1, 0.15) is 26.4 Å². The van der Waals surface area contributed by atoms with E-state index in [1.165, 1.54) is 34.5 Å². The molecule has 0 saturated heterocycles. The number of ether oxygens (including phenoxy) is 1. The summed E-state index contributed by atoms with van der Waals surface area (Å²) >= 11 is 7.37. The number of para-hydroxylation sites is 1. The number of benzene rings is 2. The molecule has 4 aromatic rings. The molecule has 2 heterocycles. The van der Waals surface area contributed by atoms with Crippen molar-refractivity contribution in [1.82, 2.24) is 14.8 Å². The van der Waals surface area contributed by atoms with Crippen LogP contribution in [-0.4, -0.2) is 20.7 Å². The Labute approximate surface area is 187 Å². The van der Waals surface area contributed by atoms with Crippen molar-refractivity contribution in [1.29, 1.82) is 0 Å². The molecule has 31 heavy (non-hydrogen) atoms. The van der Waals surface area contributed by atoms with Crippen molar-refractivity contribution in [2.24, 2.45) is 0 Å². The van der Waals surface area contributed by atoms with Crippen LogP contribution in [0.4, 0.5) is 10.3 Å². The standard InChI is InChI=1S/C22H18ClFN4O2S/c1-14-4-2-3-5-19(14)30-11-15-8-20(31-12-15)21(29)26-22-25-13-28(27-22)10-16-6-7-17(24)9-18(16)23/h2-9,12-13H,10-11H2,1H3,(H,26,27,29). The van der Waals surface area contributed by atoms with Gasteiger partial charge in [-0.15, -0.1) is 16.4 Å². The smallest absolute Gasteiger partial charge is 0.268 e. The van der Waals surface area contributed by atoms with Crippen LogP contribution in [0.3, 0.4) is 0 Å². The Morgan fingerprint density at radius 3 is 2.90 bits per heavy atom. The van der Waals surface area contributed by atoms with Gasteiger partial charge >= 0.3 is 0 Å². The third-order valence-corrected chi connectivity index (χ3v) is 5.80. The first-order valence-corrected chi connectivity index (χ1v) is 10.6. The van der Waals surface area contributed by atoms with E-state index in [9.17, 15) is 9.18 Å². The summed E-state index contributed by atoms with van der Waals surface area (Å²) in [6, 6.07) is 13.7. The first-order valence-electron chi connectivity index (χ1n) is 9.38. The first kappa shape index (κ1) is 21.0. The SMILES string of the molecule is Cc1ccccc1OCc1csc(C(=O)Nc2ncn(Cc3ccc(F)cc3Cl)n2)c1. The summed E-state index contributed by atoms with van der Waals surface area (Å²) in [5, 5.41) is 9.10. The maximum Gasteiger partial charge on any atom is 0.268 e. The van der Waals surface area contributed by atoms with Gasteiger partial charge in [0, 0.05) is 10.6 Å². The maximum absolute atomic E-state index is 13.2. The summed E-state index contributed by atoms with van der Waals surface area (Å²) in [5.74, 6) is 0.287. The molecule has 0 radical (unpaired) electrons. The fourth-order valence-electron chi connectivity index (χ4n) is 2.87. The number of thiophene rings is 1. The average Bonchev–Trinajstić information content (AvgIpc) is 3.39. The third-order valence-electron chi connectivity index (χ3n) is 4.47. The van der Waals surface area contributed by atoms with Crippen molar-refractivity contribution in [2.45, 2.75) is 20.1 Å². The minimum Gasteiger partial charge on any atom is -0.489 e. The number of halogens is 2. The van der Waals surface area contributed by atoms with Crippen LogP contribution in [0.5, 0.6) is 5.75 Å². The minimum atomic E-state index is -0.403. The van der Waals surface area contributed by atoms with Gasteiger partial charge in [0.2, 0.25) is 5.95 Å². The highest BCUT2D eigenvalue weighted by Crippen LogP contribution is 2.21. The number of aryl methyl sites for hydroxylation is 1. The van der Waals surface area contributed by atoms with E-state index in [0.29, 0.717) is 28.6 Å². The normalized spacial score (nSPS) is 10.8. The van der Waals surface area contributed by atoms with E-state index in [2.05, 4.69) is 15.4 Å². The second kappa shape index (κ2) is 9.28. The molecule has 2 aromatic carbocycles. The molecule has 0 aliphatic rings. The fourth-order valence-corrected chi connectivity index (χ4v) is 3.88. The highest BCUT2D eigenvalue weighted by Gasteiger charge is 2.13. The van der Waals surface area contributed by atoms with E-state index in [-0.39, 0.29) is 11.9 Å². The predicted octanol–water partition coefficient (Wildman–Crippen LogP) is 5.32. The molecule has 0 fully saturated rings. The molecule has 0 aliphatic carbocycles. The van der Waals surface area contributed by atoms with Crippen molar-refractivity contribution in [3.63, 3.8) is 0 Å². The Balaban J connectivity index is 1.35. The van der Waals surface area contributed by atoms with Crippen molar-refractivity contribution in [3.05, 3.63) is 92.6 Å². The Morgan fingerprint density at radius 1 is 1.26 bits per heavy atom. The quantitative estimate of drug-likeness (QED) is 0.408. The van der Waals surface area contributed by atoms with Crippen molar-refractivity contribution < 1.29 is 13.9 Å². The number of amides is 1. The molecule has 0 bridgehead atoms. The number of carbonyl (C=O) groups excluding carboxylic acids is 1. The Hall–Kier alpha value is -3.23. The van der Waals surface area contributed by atoms with Gasteiger partial charge in [0.1, 0.15) is 24.5 Å². The Bertz CT molecular complexity index is 1220. The van der Waals surface area contributed by atoms with Gasteiger partial charge in [-0.1, -0.05) is 35.9 Å². The number of nitrogens with zero attached hydrogens (tertiary/aromatic N) is 3. The molecular weight excluding hydrogens is 439 g/mol. The Kier molecular flexibility index (Phi) is 6.29. The number of nitrogens with one attached hydrogen (secondary N) is 1. The third kappa shape index (κ3) is 5.28. The van der Waals surface area contributed by atoms with Gasteiger partial charge in [-0.3, -0.25) is 10.1 Å². The number of rotatable bonds is 7. The van der Waals surface area contributed by atoms with Crippen LogP contribution >= 0.6 is 22.9 Å². The van der Waals surface area contributed by atoms with Gasteiger partial charge in [0.15, 0.2) is 0 Å². The zero-order valence-corrected chi connectivity index (χ0v) is 18.1. The number of carbonyl (C=O) groups is 1. The summed E-state index contributed by atoms with van der Waals surface area (Å²) in [5.41, 5.74) is 2.66. The summed E-state index contributed by atoms with van der Waals surface area (Å²) in [6.07, 6.45) is 1.48. The summed E-state index contributed by atoms with van der Waals surface area (Å²) < 4.78 is 20.5. The minimum absolute atomic E-state index is 0.175. The van der Waals surface area contributed by atoms with Crippen LogP contribution in [-0.2, 0) is 13.2 Å². The average molecular weight is 457 g/mol. The predicted molar refractivity (Wildman–Crippen MR) is 118 cm³/mol. The number of anilines is 1. The molecule has 0 atom stereocenters. The molecule has 0 aliphatic heterocycles. The highest BCUT2D eigenvalue weighted by atomic mass is 35.5. The van der Waals surface area contributed by atoms with Gasteiger partial charge in [-0.2, -0.15) is 0 Å². The van der Waals surface area contributed by atoms with Crippen molar-refractivity contribution in [2.75, 3.05) is 5.32 Å². The molecule has 0 spiro atoms. The van der Waals surface area contributed by atoms with E-state index in [0.717, 1.165) is 16.9 Å². The lowest BCUT2D eigenvalue weighted by Crippen LogP contribution is -2.12. The second-order valence-electron chi connectivity index (χ2n) is 6.83. The van der Waals surface area contributed by atoms with Gasteiger partial charge in [0.25, 0.3) is 5.91 Å². The molecule has 0 unspecified atom stereocenters. The molecule has 1 N–H and O–H groups in total. The van der Waals surface area contributed by atoms with Crippen molar-refractivity contribution in [3.8, 4) is 5.75 Å². The van der Waals surface area contributed by atoms with E-state index < -0.39 is 5.82 Å². The van der Waals surface area contributed by atoms with E-state index in [1.807, 2.05) is 36.6 Å². The Morgan fingerprint density at radius 2 is 2.10 bits per heavy atom. The van der Waals surface area contributed by atoms with E-state index >= 15 is 0 Å². The van der Waals surface area contributed by atoms with Gasteiger partial charge < -0.3 is 4.74 Å². The van der Waals surface area contributed by atoms with Crippen LogP contribution in [0, 0.1) is 12.7 Å². The largest absolute Gasteiger partial charge is 0.489 e. The van der Waals surface area contributed by atoms with Crippen LogP contribution < -0.4 is 10.1 Å². The topological polar surface area (TPSA) is 69.0 Å². The molecule has 4 rings (SSSR count). The monoisotopic (exact) mass is 456 g/mol. The van der Waals surface area contributed by atoms with Crippen LogP contribution in [0.2, 0.25) is 5.02 Å². The molecule has 158 valence electrons. The molecule has 9 heteroatoms. The lowest BCUT2D eigenvalue weighted by Gasteiger charge is -2.07. The molecule has 1 amide bonds. The van der Waals surface area contributed by atoms with E-state index in [1.54, 1.807) is 12.1 Å². The summed E-state index contributed by atoms with van der Waals surface area (Å²) in [7, 11) is 0. The van der Waals surface area contributed by atoms with Gasteiger partial charge in [-0.05, 0) is 47.7 Å². The first-order chi connectivity index (χ1) is 15.0. The molecule has 0 saturated carbocycles. The highest BCUT2D eigenvalue weighted by molar-refractivity contribution is 7.12. The molecule has 6 nitrogen and oxygen atoms in total. The molecular formula is C22H18ClFN4O2S.